The Hall–Kier alpha value is -4.87. The molecule has 0 aliphatic heterocycles. The number of aromatic nitrogens is 7. The Labute approximate surface area is 220 Å². The first-order valence-electron chi connectivity index (χ1n) is 12.1. The van der Waals surface area contributed by atoms with E-state index in [-0.39, 0.29) is 12.2 Å². The van der Waals surface area contributed by atoms with Crippen LogP contribution in [0.2, 0.25) is 0 Å². The first-order valence-corrected chi connectivity index (χ1v) is 12.1. The van der Waals surface area contributed by atoms with Gasteiger partial charge in [0.05, 0.1) is 23.5 Å². The van der Waals surface area contributed by atoms with E-state index in [0.29, 0.717) is 30.1 Å². The van der Waals surface area contributed by atoms with Crippen molar-refractivity contribution in [2.45, 2.75) is 32.5 Å². The number of rotatable bonds is 8. The third-order valence-electron chi connectivity index (χ3n) is 6.22. The molecular weight excluding hydrogens is 511 g/mol. The van der Waals surface area contributed by atoms with Crippen LogP contribution in [0, 0.1) is 0 Å². The van der Waals surface area contributed by atoms with Crippen molar-refractivity contribution in [1.82, 2.24) is 34.7 Å². The molecule has 0 amide bonds. The van der Waals surface area contributed by atoms with Crippen LogP contribution in [0.25, 0.3) is 28.2 Å². The summed E-state index contributed by atoms with van der Waals surface area (Å²) in [6.45, 7) is 2.03. The molecule has 0 atom stereocenters. The molecular formula is C27H22F3N7O2. The van der Waals surface area contributed by atoms with E-state index in [9.17, 15) is 22.8 Å². The number of nitrogens with one attached hydrogen (secondary N) is 1. The third-order valence-corrected chi connectivity index (χ3v) is 6.22. The van der Waals surface area contributed by atoms with E-state index < -0.39 is 23.2 Å². The zero-order valence-electron chi connectivity index (χ0n) is 20.7. The lowest BCUT2D eigenvalue weighted by Crippen LogP contribution is -2.28. The second kappa shape index (κ2) is 10.5. The van der Waals surface area contributed by atoms with Gasteiger partial charge in [0.15, 0.2) is 5.82 Å². The number of benzene rings is 2. The van der Waals surface area contributed by atoms with E-state index in [0.717, 1.165) is 27.3 Å². The van der Waals surface area contributed by atoms with Crippen LogP contribution in [0.5, 0.6) is 0 Å². The number of nitrogens with zero attached hydrogens (tertiary/aromatic N) is 6. The highest BCUT2D eigenvalue weighted by atomic mass is 19.4. The van der Waals surface area contributed by atoms with E-state index >= 15 is 0 Å². The fourth-order valence-electron chi connectivity index (χ4n) is 4.41. The maximum atomic E-state index is 13.4. The molecule has 5 aromatic rings. The summed E-state index contributed by atoms with van der Waals surface area (Å²) in [6, 6.07) is 16.4. The molecule has 0 radical (unpaired) electrons. The molecule has 1 N–H and O–H groups in total. The second-order valence-corrected chi connectivity index (χ2v) is 8.79. The lowest BCUT2D eigenvalue weighted by atomic mass is 10.0. The smallest absolute Gasteiger partial charge is 0.290 e. The maximum Gasteiger partial charge on any atom is 0.454 e. The Bertz CT molecular complexity index is 1670. The number of aromatic amines is 1. The lowest BCUT2D eigenvalue weighted by Gasteiger charge is -2.11. The molecule has 0 saturated carbocycles. The molecule has 3 aromatic heterocycles. The van der Waals surface area contributed by atoms with Gasteiger partial charge in [0.1, 0.15) is 0 Å². The molecule has 0 unspecified atom stereocenters. The van der Waals surface area contributed by atoms with Gasteiger partial charge in [-0.2, -0.15) is 13.2 Å². The molecule has 12 heteroatoms. The van der Waals surface area contributed by atoms with Gasteiger partial charge in [0.25, 0.3) is 5.78 Å². The van der Waals surface area contributed by atoms with Gasteiger partial charge in [-0.15, -0.1) is 5.10 Å². The number of aryl methyl sites for hydroxylation is 1. The van der Waals surface area contributed by atoms with Crippen LogP contribution in [-0.2, 0) is 13.0 Å². The summed E-state index contributed by atoms with van der Waals surface area (Å²) in [6.07, 6.45) is -0.690. The molecule has 198 valence electrons. The zero-order valence-corrected chi connectivity index (χ0v) is 20.7. The lowest BCUT2D eigenvalue weighted by molar-refractivity contribution is -0.0885. The predicted molar refractivity (Wildman–Crippen MR) is 136 cm³/mol. The summed E-state index contributed by atoms with van der Waals surface area (Å²) in [5.74, 6) is -1.50. The number of ketones is 1. The molecule has 0 saturated heterocycles. The monoisotopic (exact) mass is 533 g/mol. The minimum atomic E-state index is -5.07. The van der Waals surface area contributed by atoms with Crippen molar-refractivity contribution in [2.75, 3.05) is 0 Å². The fraction of sp³-hybridized carbons (Fsp3) is 0.185. The second-order valence-electron chi connectivity index (χ2n) is 8.79. The van der Waals surface area contributed by atoms with Gasteiger partial charge in [-0.1, -0.05) is 55.8 Å². The Morgan fingerprint density at radius 3 is 2.41 bits per heavy atom. The first kappa shape index (κ1) is 25.8. The van der Waals surface area contributed by atoms with Crippen molar-refractivity contribution in [1.29, 1.82) is 0 Å². The highest BCUT2D eigenvalue weighted by molar-refractivity contribution is 6.03. The molecule has 0 aliphatic rings. The number of pyridine rings is 1. The zero-order chi connectivity index (χ0) is 27.6. The van der Waals surface area contributed by atoms with Gasteiger partial charge in [0, 0.05) is 29.2 Å². The Morgan fingerprint density at radius 1 is 1.00 bits per heavy atom. The number of hydrogen-bond donors (Lipinski definition) is 1. The minimum Gasteiger partial charge on any atom is -0.290 e. The van der Waals surface area contributed by atoms with E-state index in [1.54, 1.807) is 12.3 Å². The number of alkyl halides is 3. The SMILES string of the molecule is CCCc1cn(-c2ccccc2C(=O)C(F)(F)F)c(=O)n1Cc1ccc(-c2ccccc2-c2nnn[nH]2)cn1. The van der Waals surface area contributed by atoms with Gasteiger partial charge in [0.2, 0.25) is 0 Å². The largest absolute Gasteiger partial charge is 0.454 e. The summed E-state index contributed by atoms with van der Waals surface area (Å²) >= 11 is 0. The van der Waals surface area contributed by atoms with Crippen LogP contribution in [0.1, 0.15) is 35.1 Å². The number of tetrazole rings is 1. The van der Waals surface area contributed by atoms with E-state index in [4.69, 9.17) is 0 Å². The Kier molecular flexibility index (Phi) is 6.92. The van der Waals surface area contributed by atoms with Crippen molar-refractivity contribution in [3.05, 3.63) is 100 Å². The maximum absolute atomic E-state index is 13.4. The summed E-state index contributed by atoms with van der Waals surface area (Å²) in [5, 5.41) is 14.0. The van der Waals surface area contributed by atoms with Crippen molar-refractivity contribution >= 4 is 5.78 Å². The molecule has 0 bridgehead atoms. The molecule has 3 heterocycles. The standard InChI is InChI=1S/C27H22F3N7O2/c1-2-7-19-16-37(23-11-6-5-10-22(23)24(38)27(28,29)30)26(39)36(19)15-18-13-12-17(14-31-18)20-8-3-4-9-21(20)25-32-34-35-33-25/h3-6,8-14,16H,2,7,15H2,1H3,(H,32,33,34,35). The number of para-hydroxylation sites is 1. The number of Topliss-reactive ketones (excluding diaryl/α,β-unsaturated/α-hetero) is 1. The van der Waals surface area contributed by atoms with Gasteiger partial charge in [-0.3, -0.25) is 18.9 Å². The van der Waals surface area contributed by atoms with Gasteiger partial charge in [-0.05, 0) is 40.6 Å². The van der Waals surface area contributed by atoms with Crippen LogP contribution in [-0.4, -0.2) is 46.7 Å². The van der Waals surface area contributed by atoms with Crippen LogP contribution >= 0.6 is 0 Å². The molecule has 2 aromatic carbocycles. The number of hydrogen-bond acceptors (Lipinski definition) is 6. The normalized spacial score (nSPS) is 11.6. The van der Waals surface area contributed by atoms with E-state index in [2.05, 4.69) is 25.6 Å². The summed E-state index contributed by atoms with van der Waals surface area (Å²) < 4.78 is 42.2. The number of carbonyl (C=O) groups excluding carboxylic acids is 1. The van der Waals surface area contributed by atoms with Gasteiger partial charge in [-0.25, -0.2) is 9.89 Å². The van der Waals surface area contributed by atoms with Crippen LogP contribution in [0.3, 0.4) is 0 Å². The predicted octanol–water partition coefficient (Wildman–Crippen LogP) is 4.63. The molecule has 39 heavy (non-hydrogen) atoms. The Morgan fingerprint density at radius 2 is 1.74 bits per heavy atom. The summed E-state index contributed by atoms with van der Waals surface area (Å²) in [4.78, 5) is 30.0. The number of halogens is 3. The average Bonchev–Trinajstić information content (AvgIpc) is 3.58. The Balaban J connectivity index is 1.50. The number of H-pyrrole nitrogens is 1. The third kappa shape index (κ3) is 5.13. The van der Waals surface area contributed by atoms with Gasteiger partial charge >= 0.3 is 11.9 Å². The minimum absolute atomic E-state index is 0.102. The molecule has 9 nitrogen and oxygen atoms in total. The number of carbonyl (C=O) groups is 1. The first-order chi connectivity index (χ1) is 18.8. The summed E-state index contributed by atoms with van der Waals surface area (Å²) in [5.41, 5.74) is 2.39. The molecule has 0 spiro atoms. The van der Waals surface area contributed by atoms with Crippen LogP contribution in [0.15, 0.2) is 77.9 Å². The topological polar surface area (TPSA) is 111 Å². The van der Waals surface area contributed by atoms with Gasteiger partial charge < -0.3 is 0 Å². The van der Waals surface area contributed by atoms with Crippen molar-refractivity contribution < 1.29 is 18.0 Å². The summed E-state index contributed by atoms with van der Waals surface area (Å²) in [7, 11) is 0. The van der Waals surface area contributed by atoms with Crippen LogP contribution in [0.4, 0.5) is 13.2 Å². The van der Waals surface area contributed by atoms with Crippen molar-refractivity contribution in [3.8, 4) is 28.2 Å². The molecule has 0 fully saturated rings. The number of imidazole rings is 1. The van der Waals surface area contributed by atoms with Crippen LogP contribution < -0.4 is 5.69 Å². The highest BCUT2D eigenvalue weighted by Crippen LogP contribution is 2.29. The molecule has 0 aliphatic carbocycles. The molecule has 5 rings (SSSR count). The van der Waals surface area contributed by atoms with Crippen molar-refractivity contribution in [3.63, 3.8) is 0 Å². The average molecular weight is 534 g/mol. The highest BCUT2D eigenvalue weighted by Gasteiger charge is 2.40. The van der Waals surface area contributed by atoms with Crippen molar-refractivity contribution in [2.24, 2.45) is 0 Å². The fourth-order valence-corrected chi connectivity index (χ4v) is 4.41. The van der Waals surface area contributed by atoms with E-state index in [1.807, 2.05) is 37.3 Å². The quantitative estimate of drug-likeness (QED) is 0.291. The van der Waals surface area contributed by atoms with E-state index in [1.165, 1.54) is 29.0 Å².